The molecule has 1 saturated carbocycles. The molecule has 1 heterocycles. The third kappa shape index (κ3) is 1.86. The number of carbonyl (C=O) groups excluding carboxylic acids is 1. The molecule has 92 valence electrons. The Morgan fingerprint density at radius 2 is 1.75 bits per heavy atom. The van der Waals surface area contributed by atoms with Crippen molar-refractivity contribution in [3.63, 3.8) is 0 Å². The van der Waals surface area contributed by atoms with Crippen LogP contribution in [0.15, 0.2) is 0 Å². The average molecular weight is 224 g/mol. The molecule has 0 aromatic carbocycles. The second-order valence-corrected chi connectivity index (χ2v) is 6.86. The predicted molar refractivity (Wildman–Crippen MR) is 65.2 cm³/mol. The third-order valence-electron chi connectivity index (χ3n) is 4.15. The lowest BCUT2D eigenvalue weighted by molar-refractivity contribution is -0.160. The number of hydrogen-bond donors (Lipinski definition) is 0. The largest absolute Gasteiger partial charge is 0.349 e. The smallest absolute Gasteiger partial charge is 0.225 e. The molecule has 0 atom stereocenters. The standard InChI is InChI=1S/C13H24N2O/c1-12(2,3)15-8-13(9-15)6-10(7-13)11(16)14(4)5/h10H,6-9H2,1-5H3. The van der Waals surface area contributed by atoms with Crippen LogP contribution >= 0.6 is 0 Å². The van der Waals surface area contributed by atoms with Crippen LogP contribution in [0.4, 0.5) is 0 Å². The van der Waals surface area contributed by atoms with Crippen LogP contribution in [0.5, 0.6) is 0 Å². The molecule has 3 heteroatoms. The maximum absolute atomic E-state index is 11.7. The maximum Gasteiger partial charge on any atom is 0.225 e. The van der Waals surface area contributed by atoms with Crippen LogP contribution in [0.1, 0.15) is 33.6 Å². The lowest BCUT2D eigenvalue weighted by Crippen LogP contribution is -2.68. The average Bonchev–Trinajstić information content (AvgIpc) is 1.95. The maximum atomic E-state index is 11.7. The van der Waals surface area contributed by atoms with E-state index >= 15 is 0 Å². The topological polar surface area (TPSA) is 23.6 Å². The van der Waals surface area contributed by atoms with Crippen molar-refractivity contribution in [2.24, 2.45) is 11.3 Å². The van der Waals surface area contributed by atoms with E-state index < -0.39 is 0 Å². The van der Waals surface area contributed by atoms with Crippen LogP contribution < -0.4 is 0 Å². The summed E-state index contributed by atoms with van der Waals surface area (Å²) in [6.45, 7) is 9.17. The summed E-state index contributed by atoms with van der Waals surface area (Å²) in [4.78, 5) is 16.0. The van der Waals surface area contributed by atoms with Gasteiger partial charge < -0.3 is 4.90 Å². The lowest BCUT2D eigenvalue weighted by Gasteiger charge is -2.62. The normalized spacial score (nSPS) is 25.1. The molecule has 1 saturated heterocycles. The van der Waals surface area contributed by atoms with Gasteiger partial charge in [-0.15, -0.1) is 0 Å². The van der Waals surface area contributed by atoms with E-state index in [2.05, 4.69) is 25.7 Å². The monoisotopic (exact) mass is 224 g/mol. The number of rotatable bonds is 1. The fourth-order valence-electron chi connectivity index (χ4n) is 3.02. The van der Waals surface area contributed by atoms with Crippen molar-refractivity contribution >= 4 is 5.91 Å². The van der Waals surface area contributed by atoms with E-state index in [9.17, 15) is 4.79 Å². The second kappa shape index (κ2) is 3.46. The molecule has 16 heavy (non-hydrogen) atoms. The third-order valence-corrected chi connectivity index (χ3v) is 4.15. The molecule has 0 bridgehead atoms. The number of nitrogens with zero attached hydrogens (tertiary/aromatic N) is 2. The van der Waals surface area contributed by atoms with Crippen molar-refractivity contribution in [1.29, 1.82) is 0 Å². The van der Waals surface area contributed by atoms with Gasteiger partial charge in [0.05, 0.1) is 0 Å². The molecule has 2 aliphatic rings. The number of hydrogen-bond acceptors (Lipinski definition) is 2. The summed E-state index contributed by atoms with van der Waals surface area (Å²) in [6, 6.07) is 0. The Labute approximate surface area is 98.8 Å². The summed E-state index contributed by atoms with van der Waals surface area (Å²) in [5.74, 6) is 0.622. The number of amides is 1. The first-order valence-electron chi connectivity index (χ1n) is 6.20. The Morgan fingerprint density at radius 1 is 1.25 bits per heavy atom. The number of carbonyl (C=O) groups is 1. The van der Waals surface area contributed by atoms with E-state index in [1.165, 1.54) is 13.1 Å². The SMILES string of the molecule is CN(C)C(=O)C1CC2(C1)CN(C(C)(C)C)C2. The van der Waals surface area contributed by atoms with Gasteiger partial charge in [-0.2, -0.15) is 0 Å². The summed E-state index contributed by atoms with van der Waals surface area (Å²) in [5.41, 5.74) is 0.783. The quantitative estimate of drug-likeness (QED) is 0.675. The molecule has 0 radical (unpaired) electrons. The van der Waals surface area contributed by atoms with E-state index in [-0.39, 0.29) is 0 Å². The van der Waals surface area contributed by atoms with Crippen LogP contribution in [0.25, 0.3) is 0 Å². The molecule has 3 nitrogen and oxygen atoms in total. The van der Waals surface area contributed by atoms with Gasteiger partial charge in [-0.05, 0) is 39.0 Å². The van der Waals surface area contributed by atoms with Crippen LogP contribution in [-0.2, 0) is 4.79 Å². The van der Waals surface area contributed by atoms with Gasteiger partial charge in [0, 0.05) is 38.6 Å². The van der Waals surface area contributed by atoms with Gasteiger partial charge >= 0.3 is 0 Å². The van der Waals surface area contributed by atoms with Gasteiger partial charge in [0.15, 0.2) is 0 Å². The Hall–Kier alpha value is -0.570. The first kappa shape index (κ1) is 11.9. The Balaban J connectivity index is 1.81. The molecule has 0 unspecified atom stereocenters. The highest BCUT2D eigenvalue weighted by Crippen LogP contribution is 2.53. The van der Waals surface area contributed by atoms with Crippen molar-refractivity contribution < 1.29 is 4.79 Å². The highest BCUT2D eigenvalue weighted by atomic mass is 16.2. The Kier molecular flexibility index (Phi) is 2.57. The van der Waals surface area contributed by atoms with Crippen LogP contribution in [0.2, 0.25) is 0 Å². The minimum Gasteiger partial charge on any atom is -0.349 e. The van der Waals surface area contributed by atoms with Crippen LogP contribution in [0.3, 0.4) is 0 Å². The predicted octanol–water partition coefficient (Wildman–Crippen LogP) is 1.59. The lowest BCUT2D eigenvalue weighted by atomic mass is 9.56. The number of likely N-dealkylation sites (tertiary alicyclic amines) is 1. The summed E-state index contributed by atoms with van der Waals surface area (Å²) < 4.78 is 0. The molecule has 0 N–H and O–H groups in total. The van der Waals surface area contributed by atoms with E-state index in [4.69, 9.17) is 0 Å². The molecule has 1 aliphatic heterocycles. The highest BCUT2D eigenvalue weighted by Gasteiger charge is 2.56. The van der Waals surface area contributed by atoms with Gasteiger partial charge in [0.25, 0.3) is 0 Å². The van der Waals surface area contributed by atoms with Gasteiger partial charge in [0.2, 0.25) is 5.91 Å². The van der Waals surface area contributed by atoms with E-state index in [1.807, 2.05) is 14.1 Å². The second-order valence-electron chi connectivity index (χ2n) is 6.86. The van der Waals surface area contributed by atoms with Crippen molar-refractivity contribution in [3.05, 3.63) is 0 Å². The minimum atomic E-state index is 0.294. The zero-order chi connectivity index (χ0) is 12.1. The molecule has 1 amide bonds. The van der Waals surface area contributed by atoms with Gasteiger partial charge in [0.1, 0.15) is 0 Å². The first-order valence-corrected chi connectivity index (χ1v) is 6.20. The molecule has 0 aromatic heterocycles. The molecule has 2 rings (SSSR count). The highest BCUT2D eigenvalue weighted by molar-refractivity contribution is 5.79. The summed E-state index contributed by atoms with van der Waals surface area (Å²) in [6.07, 6.45) is 2.22. The van der Waals surface area contributed by atoms with Gasteiger partial charge in [-0.25, -0.2) is 0 Å². The minimum absolute atomic E-state index is 0.294. The molecular weight excluding hydrogens is 200 g/mol. The van der Waals surface area contributed by atoms with Crippen LogP contribution in [-0.4, -0.2) is 48.4 Å². The molecule has 1 aliphatic carbocycles. The van der Waals surface area contributed by atoms with Gasteiger partial charge in [-0.1, -0.05) is 0 Å². The summed E-state index contributed by atoms with van der Waals surface area (Å²) in [5, 5.41) is 0. The summed E-state index contributed by atoms with van der Waals surface area (Å²) in [7, 11) is 3.71. The molecular formula is C13H24N2O. The molecule has 1 spiro atoms. The zero-order valence-corrected chi connectivity index (χ0v) is 11.2. The first-order chi connectivity index (χ1) is 7.23. The Bertz CT molecular complexity index is 290. The van der Waals surface area contributed by atoms with Crippen LogP contribution in [0, 0.1) is 11.3 Å². The molecule has 0 aromatic rings. The fraction of sp³-hybridized carbons (Fsp3) is 0.923. The Morgan fingerprint density at radius 3 is 2.12 bits per heavy atom. The van der Waals surface area contributed by atoms with Crippen molar-refractivity contribution in [3.8, 4) is 0 Å². The summed E-state index contributed by atoms with van der Waals surface area (Å²) >= 11 is 0. The van der Waals surface area contributed by atoms with Gasteiger partial charge in [-0.3, -0.25) is 9.69 Å². The van der Waals surface area contributed by atoms with E-state index in [0.717, 1.165) is 12.8 Å². The van der Waals surface area contributed by atoms with Crippen molar-refractivity contribution in [1.82, 2.24) is 9.80 Å². The van der Waals surface area contributed by atoms with Crippen molar-refractivity contribution in [2.75, 3.05) is 27.2 Å². The molecule has 2 fully saturated rings. The van der Waals surface area contributed by atoms with E-state index in [1.54, 1.807) is 4.90 Å². The van der Waals surface area contributed by atoms with E-state index in [0.29, 0.717) is 22.8 Å². The zero-order valence-electron chi connectivity index (χ0n) is 11.2. The van der Waals surface area contributed by atoms with Crippen molar-refractivity contribution in [2.45, 2.75) is 39.2 Å². The fourth-order valence-corrected chi connectivity index (χ4v) is 3.02.